The number of ether oxygens (including phenoxy) is 1. The molecule has 108 valence electrons. The van der Waals surface area contributed by atoms with Crippen molar-refractivity contribution in [3.05, 3.63) is 0 Å². The van der Waals surface area contributed by atoms with Crippen molar-refractivity contribution >= 4 is 12.0 Å². The number of methoxy groups -OCH3 is 1. The number of carbonyl (C=O) groups is 2. The minimum atomic E-state index is -0.795. The number of likely N-dealkylation sites (tertiary alicyclic amines) is 2. The van der Waals surface area contributed by atoms with Gasteiger partial charge in [-0.15, -0.1) is 0 Å². The molecular weight excluding hydrogens is 248 g/mol. The Hall–Kier alpha value is -1.30. The van der Waals surface area contributed by atoms with Gasteiger partial charge in [-0.2, -0.15) is 0 Å². The number of amides is 2. The first kappa shape index (κ1) is 14.1. The van der Waals surface area contributed by atoms with E-state index in [2.05, 4.69) is 0 Å². The predicted molar refractivity (Wildman–Crippen MR) is 68.9 cm³/mol. The average molecular weight is 270 g/mol. The first-order chi connectivity index (χ1) is 9.11. The van der Waals surface area contributed by atoms with Crippen LogP contribution in [-0.4, -0.2) is 66.8 Å². The summed E-state index contributed by atoms with van der Waals surface area (Å²) in [6.07, 6.45) is 2.42. The zero-order chi connectivity index (χ0) is 13.8. The molecule has 2 saturated heterocycles. The molecule has 0 radical (unpaired) electrons. The highest BCUT2D eigenvalue weighted by Gasteiger charge is 2.33. The summed E-state index contributed by atoms with van der Waals surface area (Å²) in [5, 5.41) is 9.05. The van der Waals surface area contributed by atoms with E-state index in [1.807, 2.05) is 4.90 Å². The van der Waals surface area contributed by atoms with Gasteiger partial charge in [-0.3, -0.25) is 4.79 Å². The lowest BCUT2D eigenvalue weighted by molar-refractivity contribution is -0.143. The van der Waals surface area contributed by atoms with Crippen molar-refractivity contribution in [2.75, 3.05) is 39.9 Å². The molecule has 2 fully saturated rings. The van der Waals surface area contributed by atoms with E-state index in [1.54, 1.807) is 12.0 Å². The van der Waals surface area contributed by atoms with Crippen LogP contribution in [0.3, 0.4) is 0 Å². The summed E-state index contributed by atoms with van der Waals surface area (Å²) in [5.41, 5.74) is 0. The van der Waals surface area contributed by atoms with Gasteiger partial charge in [0.05, 0.1) is 12.5 Å². The zero-order valence-electron chi connectivity index (χ0n) is 11.4. The maximum atomic E-state index is 12.3. The van der Waals surface area contributed by atoms with E-state index in [1.165, 1.54) is 0 Å². The first-order valence-electron chi connectivity index (χ1n) is 6.87. The third-order valence-electron chi connectivity index (χ3n) is 4.00. The van der Waals surface area contributed by atoms with Crippen molar-refractivity contribution in [2.45, 2.75) is 19.3 Å². The molecule has 0 saturated carbocycles. The molecule has 2 atom stereocenters. The van der Waals surface area contributed by atoms with E-state index in [-0.39, 0.29) is 6.03 Å². The fourth-order valence-corrected chi connectivity index (χ4v) is 2.93. The summed E-state index contributed by atoms with van der Waals surface area (Å²) in [7, 11) is 1.67. The number of hydrogen-bond donors (Lipinski definition) is 1. The molecule has 2 heterocycles. The molecule has 19 heavy (non-hydrogen) atoms. The molecular formula is C13H22N2O4. The predicted octanol–water partition coefficient (Wildman–Crippen LogP) is 0.871. The van der Waals surface area contributed by atoms with Gasteiger partial charge in [-0.25, -0.2) is 4.79 Å². The van der Waals surface area contributed by atoms with Crippen molar-refractivity contribution < 1.29 is 19.4 Å². The van der Waals surface area contributed by atoms with Crippen molar-refractivity contribution in [3.63, 3.8) is 0 Å². The number of piperidine rings is 1. The molecule has 2 rings (SSSR count). The third-order valence-corrected chi connectivity index (χ3v) is 4.00. The summed E-state index contributed by atoms with van der Waals surface area (Å²) in [6.45, 7) is 3.18. The standard InChI is InChI=1S/C13H22N2O4/c1-19-9-10-4-6-15(7-10)13(18)14-5-2-3-11(8-14)12(16)17/h10-11H,2-9H2,1H3,(H,16,17)/t10?,11-/m1/s1. The Morgan fingerprint density at radius 2 is 1.95 bits per heavy atom. The Morgan fingerprint density at radius 1 is 1.21 bits per heavy atom. The Morgan fingerprint density at radius 3 is 2.63 bits per heavy atom. The van der Waals surface area contributed by atoms with Crippen LogP contribution < -0.4 is 0 Å². The van der Waals surface area contributed by atoms with E-state index in [0.29, 0.717) is 32.0 Å². The number of rotatable bonds is 3. The lowest BCUT2D eigenvalue weighted by atomic mass is 9.99. The minimum Gasteiger partial charge on any atom is -0.481 e. The van der Waals surface area contributed by atoms with Gasteiger partial charge in [0.2, 0.25) is 0 Å². The molecule has 1 N–H and O–H groups in total. The van der Waals surface area contributed by atoms with E-state index >= 15 is 0 Å². The second kappa shape index (κ2) is 6.23. The summed E-state index contributed by atoms with van der Waals surface area (Å²) in [6, 6.07) is -0.00967. The highest BCUT2D eigenvalue weighted by molar-refractivity contribution is 5.77. The average Bonchev–Trinajstić information content (AvgIpc) is 2.87. The number of carboxylic acid groups (broad SMARTS) is 1. The maximum Gasteiger partial charge on any atom is 0.320 e. The smallest absolute Gasteiger partial charge is 0.320 e. The molecule has 0 aromatic heterocycles. The molecule has 2 aliphatic heterocycles. The summed E-state index contributed by atoms with van der Waals surface area (Å²) in [4.78, 5) is 26.9. The molecule has 1 unspecified atom stereocenters. The van der Waals surface area contributed by atoms with Gasteiger partial charge in [0.15, 0.2) is 0 Å². The van der Waals surface area contributed by atoms with Crippen LogP contribution in [0.1, 0.15) is 19.3 Å². The minimum absolute atomic E-state index is 0.00967. The largest absolute Gasteiger partial charge is 0.481 e. The highest BCUT2D eigenvalue weighted by Crippen LogP contribution is 2.22. The van der Waals surface area contributed by atoms with Crippen LogP contribution in [-0.2, 0) is 9.53 Å². The molecule has 6 nitrogen and oxygen atoms in total. The SMILES string of the molecule is COCC1CCN(C(=O)N2CCC[C@@H](C(=O)O)C2)C1. The number of carbonyl (C=O) groups excluding carboxylic acids is 1. The lowest BCUT2D eigenvalue weighted by Crippen LogP contribution is -2.48. The monoisotopic (exact) mass is 270 g/mol. The Labute approximate surface area is 113 Å². The lowest BCUT2D eigenvalue weighted by Gasteiger charge is -2.33. The van der Waals surface area contributed by atoms with Crippen LogP contribution in [0.25, 0.3) is 0 Å². The Balaban J connectivity index is 1.87. The normalized spacial score (nSPS) is 27.6. The van der Waals surface area contributed by atoms with Gasteiger partial charge in [-0.1, -0.05) is 0 Å². The molecule has 2 aliphatic rings. The van der Waals surface area contributed by atoms with Gasteiger partial charge >= 0.3 is 12.0 Å². The van der Waals surface area contributed by atoms with Crippen LogP contribution in [0, 0.1) is 11.8 Å². The van der Waals surface area contributed by atoms with E-state index in [9.17, 15) is 9.59 Å². The van der Waals surface area contributed by atoms with Gasteiger partial charge in [0.1, 0.15) is 0 Å². The second-order valence-electron chi connectivity index (χ2n) is 5.46. The first-order valence-corrected chi connectivity index (χ1v) is 6.87. The van der Waals surface area contributed by atoms with Gasteiger partial charge in [0, 0.05) is 39.2 Å². The van der Waals surface area contributed by atoms with Crippen molar-refractivity contribution in [3.8, 4) is 0 Å². The van der Waals surface area contributed by atoms with Crippen molar-refractivity contribution in [2.24, 2.45) is 11.8 Å². The summed E-state index contributed by atoms with van der Waals surface area (Å²) >= 11 is 0. The fourth-order valence-electron chi connectivity index (χ4n) is 2.93. The molecule has 2 amide bonds. The number of urea groups is 1. The molecule has 0 aromatic carbocycles. The third kappa shape index (κ3) is 3.37. The highest BCUT2D eigenvalue weighted by atomic mass is 16.5. The van der Waals surface area contributed by atoms with Gasteiger partial charge in [-0.05, 0) is 19.3 Å². The molecule has 0 aromatic rings. The van der Waals surface area contributed by atoms with Crippen LogP contribution in [0.4, 0.5) is 4.79 Å². The van der Waals surface area contributed by atoms with Crippen molar-refractivity contribution in [1.29, 1.82) is 0 Å². The van der Waals surface area contributed by atoms with Crippen LogP contribution >= 0.6 is 0 Å². The van der Waals surface area contributed by atoms with E-state index in [0.717, 1.165) is 25.9 Å². The zero-order valence-corrected chi connectivity index (χ0v) is 11.4. The molecule has 0 bridgehead atoms. The van der Waals surface area contributed by atoms with E-state index < -0.39 is 11.9 Å². The van der Waals surface area contributed by atoms with Gasteiger partial charge in [0.25, 0.3) is 0 Å². The van der Waals surface area contributed by atoms with Gasteiger partial charge < -0.3 is 19.6 Å². The Bertz CT molecular complexity index is 348. The second-order valence-corrected chi connectivity index (χ2v) is 5.46. The van der Waals surface area contributed by atoms with Crippen molar-refractivity contribution in [1.82, 2.24) is 9.80 Å². The fraction of sp³-hybridized carbons (Fsp3) is 0.846. The summed E-state index contributed by atoms with van der Waals surface area (Å²) in [5.74, 6) is -0.791. The number of aliphatic carboxylic acids is 1. The molecule has 0 aliphatic carbocycles. The number of nitrogens with zero attached hydrogens (tertiary/aromatic N) is 2. The number of hydrogen-bond acceptors (Lipinski definition) is 3. The summed E-state index contributed by atoms with van der Waals surface area (Å²) < 4.78 is 5.12. The maximum absolute atomic E-state index is 12.3. The Kier molecular flexibility index (Phi) is 4.63. The van der Waals surface area contributed by atoms with Crippen LogP contribution in [0.15, 0.2) is 0 Å². The quantitative estimate of drug-likeness (QED) is 0.826. The van der Waals surface area contributed by atoms with Crippen LogP contribution in [0.5, 0.6) is 0 Å². The van der Waals surface area contributed by atoms with Crippen LogP contribution in [0.2, 0.25) is 0 Å². The number of carboxylic acids is 1. The molecule has 0 spiro atoms. The van der Waals surface area contributed by atoms with E-state index in [4.69, 9.17) is 9.84 Å². The molecule has 6 heteroatoms. The topological polar surface area (TPSA) is 70.1 Å².